The van der Waals surface area contributed by atoms with E-state index in [1.165, 1.54) is 44.9 Å². The fourth-order valence-electron chi connectivity index (χ4n) is 2.04. The molecule has 0 aliphatic carbocycles. The fraction of sp³-hybridized carbons (Fsp3) is 0.944. The van der Waals surface area contributed by atoms with Gasteiger partial charge in [-0.3, -0.25) is 4.79 Å². The highest BCUT2D eigenvalue weighted by atomic mass is 16.5. The zero-order valence-corrected chi connectivity index (χ0v) is 15.4. The van der Waals surface area contributed by atoms with Gasteiger partial charge in [0.05, 0.1) is 39.6 Å². The monoisotopic (exact) mass is 350 g/mol. The van der Waals surface area contributed by atoms with Crippen LogP contribution in [0.25, 0.3) is 0 Å². The molecule has 0 atom stereocenters. The highest BCUT2D eigenvalue weighted by molar-refractivity contribution is 5.66. The maximum absolute atomic E-state index is 10.2. The lowest BCUT2D eigenvalue weighted by Crippen LogP contribution is -2.09. The molecule has 3 N–H and O–H groups in total. The number of carboxylic acids is 1. The average molecular weight is 350 g/mol. The molecule has 0 unspecified atom stereocenters. The summed E-state index contributed by atoms with van der Waals surface area (Å²) in [6.45, 7) is 3.96. The summed E-state index contributed by atoms with van der Waals surface area (Å²) in [6, 6.07) is 0. The van der Waals surface area contributed by atoms with Crippen molar-refractivity contribution in [3.05, 3.63) is 0 Å². The molecule has 146 valence electrons. The van der Waals surface area contributed by atoms with Gasteiger partial charge in [-0.2, -0.15) is 0 Å². The van der Waals surface area contributed by atoms with E-state index in [0.717, 1.165) is 12.8 Å². The molecule has 0 saturated heterocycles. The first-order valence-electron chi connectivity index (χ1n) is 9.28. The molecule has 0 aromatic rings. The lowest BCUT2D eigenvalue weighted by molar-refractivity contribution is -0.137. The van der Waals surface area contributed by atoms with Gasteiger partial charge in [0.1, 0.15) is 0 Å². The van der Waals surface area contributed by atoms with Gasteiger partial charge >= 0.3 is 5.97 Å². The second kappa shape index (κ2) is 24.6. The SMILES string of the molecule is CCCCCCCCCCCC(=O)O.OCCOCCOCCO. The molecule has 0 aliphatic heterocycles. The van der Waals surface area contributed by atoms with Gasteiger partial charge in [0, 0.05) is 6.42 Å². The normalized spacial score (nSPS) is 10.3. The number of hydrogen-bond donors (Lipinski definition) is 3. The van der Waals surface area contributed by atoms with Crippen molar-refractivity contribution >= 4 is 5.97 Å². The Kier molecular flexibility index (Phi) is 26.1. The van der Waals surface area contributed by atoms with E-state index in [1.807, 2.05) is 0 Å². The summed E-state index contributed by atoms with van der Waals surface area (Å²) in [5.41, 5.74) is 0. The summed E-state index contributed by atoms with van der Waals surface area (Å²) >= 11 is 0. The van der Waals surface area contributed by atoms with Crippen LogP contribution in [0, 0.1) is 0 Å². The number of aliphatic hydroxyl groups excluding tert-OH is 2. The number of rotatable bonds is 17. The van der Waals surface area contributed by atoms with E-state index in [9.17, 15) is 4.79 Å². The van der Waals surface area contributed by atoms with Gasteiger partial charge in [-0.05, 0) is 6.42 Å². The second-order valence-corrected chi connectivity index (χ2v) is 5.64. The Balaban J connectivity index is 0. The van der Waals surface area contributed by atoms with E-state index in [0.29, 0.717) is 32.8 Å². The lowest BCUT2D eigenvalue weighted by atomic mass is 10.1. The summed E-state index contributed by atoms with van der Waals surface area (Å²) < 4.78 is 9.75. The summed E-state index contributed by atoms with van der Waals surface area (Å²) in [4.78, 5) is 10.2. The van der Waals surface area contributed by atoms with Gasteiger partial charge in [-0.15, -0.1) is 0 Å². The Morgan fingerprint density at radius 3 is 1.50 bits per heavy atom. The molecule has 0 heterocycles. The van der Waals surface area contributed by atoms with Crippen molar-refractivity contribution in [2.75, 3.05) is 39.6 Å². The number of aliphatic carboxylic acids is 1. The number of unbranched alkanes of at least 4 members (excludes halogenated alkanes) is 8. The van der Waals surface area contributed by atoms with E-state index in [2.05, 4.69) is 6.92 Å². The molecule has 0 fully saturated rings. The Labute approximate surface area is 147 Å². The van der Waals surface area contributed by atoms with Crippen molar-refractivity contribution in [3.8, 4) is 0 Å². The summed E-state index contributed by atoms with van der Waals surface area (Å²) in [7, 11) is 0. The molecule has 6 heteroatoms. The van der Waals surface area contributed by atoms with Crippen LogP contribution in [0.15, 0.2) is 0 Å². The fourth-order valence-corrected chi connectivity index (χ4v) is 2.04. The van der Waals surface area contributed by atoms with Gasteiger partial charge in [0.15, 0.2) is 0 Å². The molecule has 0 amide bonds. The number of ether oxygens (including phenoxy) is 2. The Bertz CT molecular complexity index is 228. The van der Waals surface area contributed by atoms with Crippen LogP contribution in [0.1, 0.15) is 71.1 Å². The van der Waals surface area contributed by atoms with E-state index in [1.54, 1.807) is 0 Å². The minimum atomic E-state index is -0.659. The van der Waals surface area contributed by atoms with Crippen molar-refractivity contribution in [2.24, 2.45) is 0 Å². The van der Waals surface area contributed by atoms with Crippen LogP contribution < -0.4 is 0 Å². The first-order valence-corrected chi connectivity index (χ1v) is 9.28. The van der Waals surface area contributed by atoms with E-state index >= 15 is 0 Å². The second-order valence-electron chi connectivity index (χ2n) is 5.64. The zero-order valence-electron chi connectivity index (χ0n) is 15.4. The van der Waals surface area contributed by atoms with E-state index in [4.69, 9.17) is 24.8 Å². The van der Waals surface area contributed by atoms with E-state index in [-0.39, 0.29) is 13.2 Å². The maximum atomic E-state index is 10.2. The predicted octanol–water partition coefficient (Wildman–Crippen LogP) is 3.00. The van der Waals surface area contributed by atoms with Crippen molar-refractivity contribution < 1.29 is 29.6 Å². The maximum Gasteiger partial charge on any atom is 0.303 e. The summed E-state index contributed by atoms with van der Waals surface area (Å²) in [6.07, 6.45) is 11.5. The van der Waals surface area contributed by atoms with Crippen molar-refractivity contribution in [2.45, 2.75) is 71.1 Å². The molecule has 24 heavy (non-hydrogen) atoms. The topological polar surface area (TPSA) is 96.2 Å². The first kappa shape index (κ1) is 25.5. The molecule has 0 aromatic heterocycles. The highest BCUT2D eigenvalue weighted by Crippen LogP contribution is 2.10. The molecular formula is C18H38O6. The summed E-state index contributed by atoms with van der Waals surface area (Å²) in [5.74, 6) is -0.659. The van der Waals surface area contributed by atoms with Crippen LogP contribution >= 0.6 is 0 Å². The van der Waals surface area contributed by atoms with Crippen molar-refractivity contribution in [1.82, 2.24) is 0 Å². The molecule has 0 bridgehead atoms. The van der Waals surface area contributed by atoms with Crippen LogP contribution in [0.5, 0.6) is 0 Å². The molecule has 6 nitrogen and oxygen atoms in total. The standard InChI is InChI=1S/C12H24O2.C6H14O4/c1-2-3-4-5-6-7-8-9-10-11-12(13)14;7-1-3-9-5-6-10-4-2-8/h2-11H2,1H3,(H,13,14);7-8H,1-6H2. The van der Waals surface area contributed by atoms with Crippen LogP contribution in [0.4, 0.5) is 0 Å². The molecule has 0 saturated carbocycles. The third kappa shape index (κ3) is 29.3. The number of carbonyl (C=O) groups is 1. The molecular weight excluding hydrogens is 312 g/mol. The largest absolute Gasteiger partial charge is 0.481 e. The Morgan fingerprint density at radius 2 is 1.12 bits per heavy atom. The van der Waals surface area contributed by atoms with Gasteiger partial charge in [0.2, 0.25) is 0 Å². The molecule has 0 radical (unpaired) electrons. The van der Waals surface area contributed by atoms with Gasteiger partial charge in [-0.25, -0.2) is 0 Å². The third-order valence-electron chi connectivity index (χ3n) is 3.34. The van der Waals surface area contributed by atoms with Gasteiger partial charge in [-0.1, -0.05) is 58.3 Å². The number of hydrogen-bond acceptors (Lipinski definition) is 5. The van der Waals surface area contributed by atoms with Gasteiger partial charge in [0.25, 0.3) is 0 Å². The Morgan fingerprint density at radius 1 is 0.708 bits per heavy atom. The molecule has 0 aromatic carbocycles. The van der Waals surface area contributed by atoms with Crippen LogP contribution in [-0.4, -0.2) is 60.9 Å². The van der Waals surface area contributed by atoms with Crippen LogP contribution in [0.2, 0.25) is 0 Å². The quantitative estimate of drug-likeness (QED) is 0.349. The average Bonchev–Trinajstić information content (AvgIpc) is 2.57. The van der Waals surface area contributed by atoms with E-state index < -0.39 is 5.97 Å². The minimum Gasteiger partial charge on any atom is -0.481 e. The molecule has 0 aliphatic rings. The predicted molar refractivity (Wildman–Crippen MR) is 95.3 cm³/mol. The zero-order chi connectivity index (χ0) is 18.3. The Hall–Kier alpha value is -0.690. The van der Waals surface area contributed by atoms with Crippen LogP contribution in [0.3, 0.4) is 0 Å². The smallest absolute Gasteiger partial charge is 0.303 e. The minimum absolute atomic E-state index is 0.0417. The third-order valence-corrected chi connectivity index (χ3v) is 3.34. The number of carboxylic acid groups (broad SMARTS) is 1. The van der Waals surface area contributed by atoms with Crippen molar-refractivity contribution in [1.29, 1.82) is 0 Å². The van der Waals surface area contributed by atoms with Crippen LogP contribution in [-0.2, 0) is 14.3 Å². The highest BCUT2D eigenvalue weighted by Gasteiger charge is 1.96. The van der Waals surface area contributed by atoms with Gasteiger partial charge < -0.3 is 24.8 Å². The summed E-state index contributed by atoms with van der Waals surface area (Å²) in [5, 5.41) is 24.9. The lowest BCUT2D eigenvalue weighted by Gasteiger charge is -2.01. The van der Waals surface area contributed by atoms with Crippen molar-refractivity contribution in [3.63, 3.8) is 0 Å². The molecule has 0 rings (SSSR count). The first-order chi connectivity index (χ1) is 11.7. The molecule has 0 spiro atoms. The number of aliphatic hydroxyl groups is 2.